The number of ether oxygens (including phenoxy) is 1. The Morgan fingerprint density at radius 3 is 2.46 bits per heavy atom. The zero-order chi connectivity index (χ0) is 27.5. The van der Waals surface area contributed by atoms with E-state index in [-0.39, 0.29) is 29.5 Å². The molecule has 1 aromatic heterocycles. The van der Waals surface area contributed by atoms with Crippen LogP contribution in [0, 0.1) is 11.8 Å². The van der Waals surface area contributed by atoms with Crippen LogP contribution in [0.2, 0.25) is 0 Å². The van der Waals surface area contributed by atoms with Gasteiger partial charge in [0.15, 0.2) is 5.69 Å². The van der Waals surface area contributed by atoms with Gasteiger partial charge in [0.05, 0.1) is 18.2 Å². The summed E-state index contributed by atoms with van der Waals surface area (Å²) < 4.78 is 7.44. The lowest BCUT2D eigenvalue weighted by Crippen LogP contribution is -2.33. The predicted octanol–water partition coefficient (Wildman–Crippen LogP) is 2.96. The van der Waals surface area contributed by atoms with Crippen LogP contribution in [0.15, 0.2) is 43.0 Å². The molecule has 3 unspecified atom stereocenters. The number of benzene rings is 1. The number of hydrogen-bond donors (Lipinski definition) is 3. The van der Waals surface area contributed by atoms with Crippen molar-refractivity contribution >= 4 is 23.4 Å². The molecule has 0 bridgehead atoms. The van der Waals surface area contributed by atoms with Crippen molar-refractivity contribution in [2.75, 3.05) is 13.7 Å². The first-order valence-corrected chi connectivity index (χ1v) is 12.4. The molecule has 3 atom stereocenters. The van der Waals surface area contributed by atoms with Gasteiger partial charge in [-0.2, -0.15) is 0 Å². The number of rotatable bonds is 14. The average Bonchev–Trinajstić information content (AvgIpc) is 3.31. The minimum atomic E-state index is -0.497. The molecule has 1 heterocycles. The normalized spacial score (nSPS) is 13.8. The molecule has 0 spiro atoms. The maximum absolute atomic E-state index is 12.9. The third-order valence-electron chi connectivity index (χ3n) is 6.14. The highest BCUT2D eigenvalue weighted by molar-refractivity contribution is 5.94. The molecule has 3 amide bonds. The maximum atomic E-state index is 12.9. The van der Waals surface area contributed by atoms with Gasteiger partial charge in [-0.05, 0) is 63.3 Å². The Morgan fingerprint density at radius 2 is 1.89 bits per heavy atom. The summed E-state index contributed by atoms with van der Waals surface area (Å²) in [6, 6.07) is 6.59. The molecule has 0 aliphatic carbocycles. The van der Waals surface area contributed by atoms with Crippen molar-refractivity contribution in [3.8, 4) is 5.75 Å². The number of amides is 3. The second-order valence-electron chi connectivity index (χ2n) is 8.96. The Balaban J connectivity index is 2.23. The molecule has 4 N–H and O–H groups in total. The van der Waals surface area contributed by atoms with E-state index >= 15 is 0 Å². The SMILES string of the molecule is C=CC(C(=O)NC)C(C)/C=C(\C)n1nnc(C(=O)NC(C)CC)c1CCCOc1ccc(C(N)=O)cc1. The topological polar surface area (TPSA) is 141 Å². The molecule has 0 saturated carbocycles. The van der Waals surface area contributed by atoms with E-state index in [0.29, 0.717) is 36.5 Å². The van der Waals surface area contributed by atoms with Gasteiger partial charge in [-0.3, -0.25) is 14.4 Å². The fraction of sp³-hybridized carbons (Fsp3) is 0.444. The lowest BCUT2D eigenvalue weighted by atomic mass is 9.92. The van der Waals surface area contributed by atoms with E-state index in [1.54, 1.807) is 42.1 Å². The quantitative estimate of drug-likeness (QED) is 0.264. The Labute approximate surface area is 218 Å². The Bertz CT molecular complexity index is 1120. The first kappa shape index (κ1) is 29.3. The van der Waals surface area contributed by atoms with E-state index in [9.17, 15) is 14.4 Å². The van der Waals surface area contributed by atoms with E-state index in [0.717, 1.165) is 12.1 Å². The highest BCUT2D eigenvalue weighted by Gasteiger charge is 2.23. The minimum absolute atomic E-state index is 0.00484. The smallest absolute Gasteiger partial charge is 0.273 e. The Hall–Kier alpha value is -3.95. The molecule has 37 heavy (non-hydrogen) atoms. The molecule has 0 fully saturated rings. The first-order valence-electron chi connectivity index (χ1n) is 12.4. The van der Waals surface area contributed by atoms with Crippen LogP contribution in [0.5, 0.6) is 5.75 Å². The fourth-order valence-corrected chi connectivity index (χ4v) is 3.81. The average molecular weight is 511 g/mol. The number of hydrogen-bond acceptors (Lipinski definition) is 6. The van der Waals surface area contributed by atoms with Crippen molar-refractivity contribution in [2.45, 2.75) is 53.0 Å². The number of carbonyl (C=O) groups excluding carboxylic acids is 3. The molecule has 0 aliphatic heterocycles. The van der Waals surface area contributed by atoms with Crippen molar-refractivity contribution in [3.63, 3.8) is 0 Å². The van der Waals surface area contributed by atoms with Crippen molar-refractivity contribution < 1.29 is 19.1 Å². The van der Waals surface area contributed by atoms with Crippen molar-refractivity contribution in [1.82, 2.24) is 25.6 Å². The largest absolute Gasteiger partial charge is 0.494 e. The van der Waals surface area contributed by atoms with Gasteiger partial charge < -0.3 is 21.1 Å². The van der Waals surface area contributed by atoms with Crippen molar-refractivity contribution in [3.05, 3.63) is 59.9 Å². The van der Waals surface area contributed by atoms with Gasteiger partial charge in [0.1, 0.15) is 5.75 Å². The number of nitrogens with one attached hydrogen (secondary N) is 2. The van der Waals surface area contributed by atoms with Gasteiger partial charge in [0, 0.05) is 24.4 Å². The van der Waals surface area contributed by atoms with E-state index in [1.165, 1.54) is 0 Å². The van der Waals surface area contributed by atoms with Gasteiger partial charge in [-0.25, -0.2) is 4.68 Å². The highest BCUT2D eigenvalue weighted by Crippen LogP contribution is 2.21. The van der Waals surface area contributed by atoms with Crippen LogP contribution >= 0.6 is 0 Å². The zero-order valence-corrected chi connectivity index (χ0v) is 22.3. The lowest BCUT2D eigenvalue weighted by molar-refractivity contribution is -0.123. The molecule has 200 valence electrons. The summed E-state index contributed by atoms with van der Waals surface area (Å²) in [5, 5.41) is 14.1. The van der Waals surface area contributed by atoms with Crippen LogP contribution in [-0.2, 0) is 11.2 Å². The second-order valence-corrected chi connectivity index (χ2v) is 8.96. The second kappa shape index (κ2) is 14.0. The molecule has 0 aliphatic rings. The standard InChI is InChI=1S/C27H38N6O4/c1-7-18(4)30-27(36)24-23(10-9-15-37-21-13-11-20(12-14-21)25(28)34)33(32-31-24)19(5)16-17(3)22(8-2)26(35)29-6/h8,11-14,16-18,22H,2,7,9-10,15H2,1,3-6H3,(H2,28,34)(H,29,35)(H,30,36)/b19-16+. The number of primary amides is 1. The third kappa shape index (κ3) is 8.03. The number of carbonyl (C=O) groups is 3. The molecular weight excluding hydrogens is 472 g/mol. The van der Waals surface area contributed by atoms with Crippen LogP contribution in [0.3, 0.4) is 0 Å². The van der Waals surface area contributed by atoms with Crippen LogP contribution < -0.4 is 21.1 Å². The predicted molar refractivity (Wildman–Crippen MR) is 143 cm³/mol. The lowest BCUT2D eigenvalue weighted by Gasteiger charge is -2.17. The molecule has 1 aromatic carbocycles. The van der Waals surface area contributed by atoms with Crippen LogP contribution in [0.1, 0.15) is 67.1 Å². The van der Waals surface area contributed by atoms with Gasteiger partial charge in [-0.15, -0.1) is 11.7 Å². The van der Waals surface area contributed by atoms with Gasteiger partial charge in [-0.1, -0.05) is 31.2 Å². The number of nitrogens with two attached hydrogens (primary N) is 1. The number of allylic oxidation sites excluding steroid dienone is 2. The van der Waals surface area contributed by atoms with Gasteiger partial charge >= 0.3 is 0 Å². The van der Waals surface area contributed by atoms with E-state index < -0.39 is 11.8 Å². The summed E-state index contributed by atoms with van der Waals surface area (Å²) >= 11 is 0. The summed E-state index contributed by atoms with van der Waals surface area (Å²) in [4.78, 5) is 36.4. The summed E-state index contributed by atoms with van der Waals surface area (Å²) in [5.41, 5.74) is 7.35. The minimum Gasteiger partial charge on any atom is -0.494 e. The van der Waals surface area contributed by atoms with Crippen molar-refractivity contribution in [2.24, 2.45) is 17.6 Å². The molecule has 0 saturated heterocycles. The summed E-state index contributed by atoms with van der Waals surface area (Å²) in [6.07, 6.45) is 5.40. The molecule has 2 rings (SSSR count). The maximum Gasteiger partial charge on any atom is 0.273 e. The summed E-state index contributed by atoms with van der Waals surface area (Å²) in [5.74, 6) is -0.856. The summed E-state index contributed by atoms with van der Waals surface area (Å²) in [6.45, 7) is 11.9. The molecular formula is C27H38N6O4. The van der Waals surface area contributed by atoms with E-state index in [4.69, 9.17) is 10.5 Å². The van der Waals surface area contributed by atoms with Gasteiger partial charge in [0.25, 0.3) is 5.91 Å². The number of nitrogens with zero attached hydrogens (tertiary/aromatic N) is 3. The Morgan fingerprint density at radius 1 is 1.22 bits per heavy atom. The third-order valence-corrected chi connectivity index (χ3v) is 6.14. The van der Waals surface area contributed by atoms with E-state index in [2.05, 4.69) is 27.5 Å². The number of aromatic nitrogens is 3. The fourth-order valence-electron chi connectivity index (χ4n) is 3.81. The Kier molecular flexibility index (Phi) is 11.0. The van der Waals surface area contributed by atoms with Crippen molar-refractivity contribution in [1.29, 1.82) is 0 Å². The molecule has 10 heteroatoms. The monoisotopic (exact) mass is 510 g/mol. The first-order chi connectivity index (χ1) is 17.6. The zero-order valence-electron chi connectivity index (χ0n) is 22.3. The molecule has 0 radical (unpaired) electrons. The highest BCUT2D eigenvalue weighted by atomic mass is 16.5. The molecule has 10 nitrogen and oxygen atoms in total. The van der Waals surface area contributed by atoms with Crippen LogP contribution in [-0.4, -0.2) is 52.4 Å². The van der Waals surface area contributed by atoms with E-state index in [1.807, 2.05) is 33.8 Å². The van der Waals surface area contributed by atoms with Crippen LogP contribution in [0.25, 0.3) is 5.70 Å². The molecule has 2 aromatic rings. The van der Waals surface area contributed by atoms with Crippen LogP contribution in [0.4, 0.5) is 0 Å². The summed E-state index contributed by atoms with van der Waals surface area (Å²) in [7, 11) is 1.59. The van der Waals surface area contributed by atoms with Gasteiger partial charge in [0.2, 0.25) is 11.8 Å².